The van der Waals surface area contributed by atoms with Crippen LogP contribution in [0.15, 0.2) is 48.5 Å². The summed E-state index contributed by atoms with van der Waals surface area (Å²) < 4.78 is 22.6. The van der Waals surface area contributed by atoms with E-state index >= 15 is 0 Å². The predicted octanol–water partition coefficient (Wildman–Crippen LogP) is 4.70. The SMILES string of the molecule is COc1cc(OCC(=O)Nc2cc([C@H]3CC[C@@H](OC(=O)N4CCCC4)C3)[nH]n2)c(C=O)c(OCc2ccccc2)c1. The number of amides is 2. The summed E-state index contributed by atoms with van der Waals surface area (Å²) in [5.74, 6) is 0.948. The van der Waals surface area contributed by atoms with Gasteiger partial charge in [-0.1, -0.05) is 30.3 Å². The van der Waals surface area contributed by atoms with E-state index in [1.807, 2.05) is 30.3 Å². The Bertz CT molecular complexity index is 1350. The lowest BCUT2D eigenvalue weighted by Gasteiger charge is -2.19. The van der Waals surface area contributed by atoms with Gasteiger partial charge >= 0.3 is 6.09 Å². The van der Waals surface area contributed by atoms with Crippen LogP contribution in [0.5, 0.6) is 17.2 Å². The molecule has 1 aromatic heterocycles. The highest BCUT2D eigenvalue weighted by Crippen LogP contribution is 2.36. The maximum Gasteiger partial charge on any atom is 0.410 e. The van der Waals surface area contributed by atoms with Gasteiger partial charge in [-0.15, -0.1) is 0 Å². The number of hydrogen-bond acceptors (Lipinski definition) is 8. The van der Waals surface area contributed by atoms with Crippen molar-refractivity contribution < 1.29 is 33.3 Å². The number of rotatable bonds is 11. The van der Waals surface area contributed by atoms with Crippen molar-refractivity contribution in [3.05, 3.63) is 65.4 Å². The molecule has 11 heteroatoms. The van der Waals surface area contributed by atoms with Gasteiger partial charge in [-0.25, -0.2) is 4.79 Å². The minimum Gasteiger partial charge on any atom is -0.496 e. The quantitative estimate of drug-likeness (QED) is 0.322. The number of aldehydes is 1. The molecule has 41 heavy (non-hydrogen) atoms. The first kappa shape index (κ1) is 28.0. The molecule has 1 aliphatic heterocycles. The van der Waals surface area contributed by atoms with Crippen LogP contribution in [0.1, 0.15) is 59.6 Å². The second-order valence-electron chi connectivity index (χ2n) is 10.2. The number of likely N-dealkylation sites (tertiary alicyclic amines) is 1. The zero-order chi connectivity index (χ0) is 28.6. The number of carbonyl (C=O) groups excluding carboxylic acids is 3. The number of hydrogen-bond donors (Lipinski definition) is 2. The fourth-order valence-electron chi connectivity index (χ4n) is 5.16. The van der Waals surface area contributed by atoms with Crippen molar-refractivity contribution in [3.8, 4) is 17.2 Å². The molecule has 5 rings (SSSR count). The predicted molar refractivity (Wildman–Crippen MR) is 150 cm³/mol. The zero-order valence-electron chi connectivity index (χ0n) is 23.0. The van der Waals surface area contributed by atoms with E-state index in [2.05, 4.69) is 15.5 Å². The summed E-state index contributed by atoms with van der Waals surface area (Å²) in [5.41, 5.74) is 1.98. The van der Waals surface area contributed by atoms with Crippen molar-refractivity contribution in [3.63, 3.8) is 0 Å². The summed E-state index contributed by atoms with van der Waals surface area (Å²) in [6.07, 6.45) is 4.68. The van der Waals surface area contributed by atoms with Gasteiger partial charge in [0, 0.05) is 42.9 Å². The molecule has 2 amide bonds. The third kappa shape index (κ3) is 7.16. The summed E-state index contributed by atoms with van der Waals surface area (Å²) in [6.45, 7) is 1.42. The fourth-order valence-corrected chi connectivity index (χ4v) is 5.16. The number of aromatic amines is 1. The molecule has 2 aromatic carbocycles. The van der Waals surface area contributed by atoms with Gasteiger partial charge in [-0.2, -0.15) is 5.10 Å². The number of ether oxygens (including phenoxy) is 4. The van der Waals surface area contributed by atoms with E-state index in [9.17, 15) is 14.4 Å². The summed E-state index contributed by atoms with van der Waals surface area (Å²) in [5, 5.41) is 9.91. The second-order valence-corrected chi connectivity index (χ2v) is 10.2. The van der Waals surface area contributed by atoms with Gasteiger partial charge in [0.15, 0.2) is 18.7 Å². The maximum absolute atomic E-state index is 12.7. The number of anilines is 1. The molecular formula is C30H34N4O7. The molecule has 0 radical (unpaired) electrons. The van der Waals surface area contributed by atoms with Gasteiger partial charge in [0.05, 0.1) is 12.7 Å². The van der Waals surface area contributed by atoms with Crippen LogP contribution in [0.2, 0.25) is 0 Å². The molecule has 2 atom stereocenters. The Balaban J connectivity index is 1.14. The van der Waals surface area contributed by atoms with Crippen LogP contribution in [0.4, 0.5) is 10.6 Å². The highest BCUT2D eigenvalue weighted by molar-refractivity contribution is 5.91. The standard InChI is InChI=1S/C30H34N4O7/c1-38-23-14-26(39-18-20-7-3-2-4-8-20)24(17-35)27(15-23)40-19-29(36)31-28-16-25(32-33-28)21-9-10-22(13-21)41-30(37)34-11-5-6-12-34/h2-4,7-8,14-17,21-22H,5-6,9-13,18-19H2,1H3,(H2,31,32,33,36)/t21-,22+/m0/s1. The Hall–Kier alpha value is -4.54. The molecule has 11 nitrogen and oxygen atoms in total. The van der Waals surface area contributed by atoms with Crippen molar-refractivity contribution >= 4 is 24.1 Å². The average Bonchev–Trinajstić information content (AvgIpc) is 3.78. The lowest BCUT2D eigenvalue weighted by Crippen LogP contribution is -2.31. The van der Waals surface area contributed by atoms with E-state index in [1.165, 1.54) is 13.2 Å². The van der Waals surface area contributed by atoms with Crippen molar-refractivity contribution in [1.82, 2.24) is 15.1 Å². The third-order valence-corrected chi connectivity index (χ3v) is 7.35. The second kappa shape index (κ2) is 13.2. The van der Waals surface area contributed by atoms with E-state index in [4.69, 9.17) is 18.9 Å². The fraction of sp³-hybridized carbons (Fsp3) is 0.400. The Morgan fingerprint density at radius 1 is 1.07 bits per heavy atom. The van der Waals surface area contributed by atoms with Crippen LogP contribution >= 0.6 is 0 Å². The topological polar surface area (TPSA) is 132 Å². The lowest BCUT2D eigenvalue weighted by molar-refractivity contribution is -0.118. The molecule has 0 unspecified atom stereocenters. The van der Waals surface area contributed by atoms with Crippen LogP contribution in [0.25, 0.3) is 0 Å². The van der Waals surface area contributed by atoms with Crippen molar-refractivity contribution in [1.29, 1.82) is 0 Å². The molecule has 2 aliphatic rings. The first-order chi connectivity index (χ1) is 20.0. The molecule has 1 aliphatic carbocycles. The van der Waals surface area contributed by atoms with E-state index in [0.717, 1.165) is 50.0 Å². The number of methoxy groups -OCH3 is 1. The van der Waals surface area contributed by atoms with Crippen LogP contribution in [0, 0.1) is 0 Å². The highest BCUT2D eigenvalue weighted by Gasteiger charge is 2.31. The summed E-state index contributed by atoms with van der Waals surface area (Å²) in [6, 6.07) is 14.5. The van der Waals surface area contributed by atoms with Gasteiger partial charge in [0.25, 0.3) is 5.91 Å². The summed E-state index contributed by atoms with van der Waals surface area (Å²) >= 11 is 0. The average molecular weight is 563 g/mol. The van der Waals surface area contributed by atoms with Crippen molar-refractivity contribution in [2.45, 2.75) is 50.7 Å². The van der Waals surface area contributed by atoms with Crippen LogP contribution < -0.4 is 19.5 Å². The Morgan fingerprint density at radius 3 is 2.56 bits per heavy atom. The lowest BCUT2D eigenvalue weighted by atomic mass is 10.0. The molecule has 1 saturated heterocycles. The zero-order valence-corrected chi connectivity index (χ0v) is 23.0. The first-order valence-electron chi connectivity index (χ1n) is 13.8. The number of aromatic nitrogens is 2. The van der Waals surface area contributed by atoms with Gasteiger partial charge in [-0.05, 0) is 37.7 Å². The number of H-pyrrole nitrogens is 1. The van der Waals surface area contributed by atoms with Crippen molar-refractivity contribution in [2.75, 3.05) is 32.1 Å². The minimum atomic E-state index is -0.446. The molecule has 3 aromatic rings. The van der Waals surface area contributed by atoms with Gasteiger partial charge in [0.2, 0.25) is 0 Å². The Labute approximate surface area is 238 Å². The summed E-state index contributed by atoms with van der Waals surface area (Å²) in [4.78, 5) is 38.7. The van der Waals surface area contributed by atoms with Crippen LogP contribution in [0.3, 0.4) is 0 Å². The van der Waals surface area contributed by atoms with Crippen LogP contribution in [-0.4, -0.2) is 66.3 Å². The number of benzene rings is 2. The maximum atomic E-state index is 12.7. The first-order valence-corrected chi connectivity index (χ1v) is 13.8. The van der Waals surface area contributed by atoms with E-state index < -0.39 is 5.91 Å². The number of carbonyl (C=O) groups is 3. The number of nitrogens with zero attached hydrogens (tertiary/aromatic N) is 2. The van der Waals surface area contributed by atoms with Gasteiger partial charge < -0.3 is 29.2 Å². The largest absolute Gasteiger partial charge is 0.496 e. The van der Waals surface area contributed by atoms with E-state index in [-0.39, 0.29) is 48.4 Å². The van der Waals surface area contributed by atoms with E-state index in [0.29, 0.717) is 24.3 Å². The smallest absolute Gasteiger partial charge is 0.410 e. The molecule has 0 bridgehead atoms. The van der Waals surface area contributed by atoms with Crippen LogP contribution in [-0.2, 0) is 16.1 Å². The molecule has 2 heterocycles. The Morgan fingerprint density at radius 2 is 1.83 bits per heavy atom. The third-order valence-electron chi connectivity index (χ3n) is 7.35. The highest BCUT2D eigenvalue weighted by atomic mass is 16.6. The van der Waals surface area contributed by atoms with Gasteiger partial charge in [-0.3, -0.25) is 14.7 Å². The van der Waals surface area contributed by atoms with Crippen molar-refractivity contribution in [2.24, 2.45) is 0 Å². The van der Waals surface area contributed by atoms with E-state index in [1.54, 1.807) is 17.0 Å². The molecule has 2 N–H and O–H groups in total. The Kier molecular flexibility index (Phi) is 9.02. The van der Waals surface area contributed by atoms with Gasteiger partial charge in [0.1, 0.15) is 30.0 Å². The number of nitrogens with one attached hydrogen (secondary N) is 2. The molecule has 1 saturated carbocycles. The summed E-state index contributed by atoms with van der Waals surface area (Å²) in [7, 11) is 1.49. The molecule has 216 valence electrons. The molecule has 0 spiro atoms. The molecular weight excluding hydrogens is 528 g/mol. The molecule has 2 fully saturated rings. The monoisotopic (exact) mass is 562 g/mol. The minimum absolute atomic E-state index is 0.126. The normalized spacial score (nSPS) is 18.1.